The van der Waals surface area contributed by atoms with E-state index >= 15 is 0 Å². The van der Waals surface area contributed by atoms with Crippen molar-refractivity contribution in [2.24, 2.45) is 11.8 Å². The van der Waals surface area contributed by atoms with Gasteiger partial charge in [0, 0.05) is 17.7 Å². The number of aromatic hydroxyl groups is 1. The largest absolute Gasteiger partial charge is 0.508 e. The lowest BCUT2D eigenvalue weighted by Gasteiger charge is -2.51. The first-order valence-electron chi connectivity index (χ1n) is 9.97. The van der Waals surface area contributed by atoms with E-state index in [-0.39, 0.29) is 29.2 Å². The Kier molecular flexibility index (Phi) is 4.60. The third kappa shape index (κ3) is 2.56. The molecule has 3 aliphatic carbocycles. The zero-order valence-corrected chi connectivity index (χ0v) is 17.6. The van der Waals surface area contributed by atoms with Crippen LogP contribution in [0.5, 0.6) is 5.75 Å². The summed E-state index contributed by atoms with van der Waals surface area (Å²) in [6.07, 6.45) is 2.72. The van der Waals surface area contributed by atoms with E-state index in [0.717, 1.165) is 13.1 Å². The summed E-state index contributed by atoms with van der Waals surface area (Å²) >= 11 is 0. The van der Waals surface area contributed by atoms with Crippen LogP contribution in [0.25, 0.3) is 5.76 Å². The van der Waals surface area contributed by atoms with E-state index in [9.17, 15) is 34.8 Å². The second kappa shape index (κ2) is 6.73. The predicted octanol–water partition coefficient (Wildman–Crippen LogP) is 1.02. The number of Topliss-reactive ketones (excluding diaryl/α,β-unsaturated/α-hetero) is 3. The molecule has 1 aromatic heterocycles. The highest BCUT2D eigenvalue weighted by molar-refractivity contribution is 6.25. The van der Waals surface area contributed by atoms with Crippen LogP contribution < -0.4 is 0 Å². The van der Waals surface area contributed by atoms with Crippen LogP contribution in [-0.4, -0.2) is 73.4 Å². The first-order valence-corrected chi connectivity index (χ1v) is 9.97. The number of aliphatic hydroxyl groups excluding tert-OH is 2. The fourth-order valence-corrected chi connectivity index (χ4v) is 5.47. The second-order valence-electron chi connectivity index (χ2n) is 8.77. The van der Waals surface area contributed by atoms with Gasteiger partial charge in [0.15, 0.2) is 17.2 Å². The average molecular weight is 428 g/mol. The highest BCUT2D eigenvalue weighted by Crippen LogP contribution is 2.55. The Morgan fingerprint density at radius 3 is 2.42 bits per heavy atom. The number of carbonyl (C=O) groups is 3. The molecule has 0 aromatic carbocycles. The van der Waals surface area contributed by atoms with Crippen molar-refractivity contribution >= 4 is 23.1 Å². The zero-order valence-electron chi connectivity index (χ0n) is 17.6. The molecule has 4 N–H and O–H groups in total. The molecule has 1 aromatic rings. The molecule has 0 aliphatic heterocycles. The summed E-state index contributed by atoms with van der Waals surface area (Å²) in [6, 6.07) is -1.02. The fraction of sp³-hybridized carbons (Fsp3) is 0.455. The highest BCUT2D eigenvalue weighted by Gasteiger charge is 2.64. The van der Waals surface area contributed by atoms with Gasteiger partial charge in [-0.1, -0.05) is 6.92 Å². The van der Waals surface area contributed by atoms with Crippen LogP contribution in [0.15, 0.2) is 29.3 Å². The number of aromatic nitrogens is 1. The zero-order chi connectivity index (χ0) is 23.0. The van der Waals surface area contributed by atoms with Crippen LogP contribution in [0.4, 0.5) is 0 Å². The SMILES string of the molecule is CC(=O)C1=C(O)[C@@]2(O)C(=O)C3=C(O)c4c(O)cncc4[C@H](C)[C@H]3C[C@H]2[C@H](N(C)C)C1=O. The summed E-state index contributed by atoms with van der Waals surface area (Å²) in [5, 5.41) is 43.5. The van der Waals surface area contributed by atoms with Crippen LogP contribution in [-0.2, 0) is 14.4 Å². The Balaban J connectivity index is 2.01. The van der Waals surface area contributed by atoms with Gasteiger partial charge < -0.3 is 20.4 Å². The normalized spacial score (nSPS) is 32.7. The van der Waals surface area contributed by atoms with Gasteiger partial charge in [0.25, 0.3) is 0 Å². The quantitative estimate of drug-likeness (QED) is 0.507. The smallest absolute Gasteiger partial charge is 0.202 e. The molecule has 0 bridgehead atoms. The first kappa shape index (κ1) is 21.2. The molecular formula is C22H24N2O7. The highest BCUT2D eigenvalue weighted by atomic mass is 16.3. The fourth-order valence-electron chi connectivity index (χ4n) is 5.47. The van der Waals surface area contributed by atoms with E-state index in [1.807, 2.05) is 0 Å². The lowest BCUT2D eigenvalue weighted by Crippen LogP contribution is -2.65. The van der Waals surface area contributed by atoms with E-state index in [1.165, 1.54) is 11.1 Å². The molecule has 1 saturated carbocycles. The van der Waals surface area contributed by atoms with E-state index in [0.29, 0.717) is 5.56 Å². The lowest BCUT2D eigenvalue weighted by atomic mass is 9.55. The molecule has 164 valence electrons. The number of rotatable bonds is 2. The Bertz CT molecular complexity index is 1100. The van der Waals surface area contributed by atoms with Gasteiger partial charge in [-0.15, -0.1) is 0 Å². The molecule has 5 atom stereocenters. The maximum Gasteiger partial charge on any atom is 0.202 e. The summed E-state index contributed by atoms with van der Waals surface area (Å²) < 4.78 is 0. The van der Waals surface area contributed by atoms with Crippen molar-refractivity contribution in [2.45, 2.75) is 37.8 Å². The Labute approximate surface area is 178 Å². The number of ketones is 3. The first-order chi connectivity index (χ1) is 14.4. The van der Waals surface area contributed by atoms with Gasteiger partial charge in [-0.2, -0.15) is 0 Å². The Morgan fingerprint density at radius 1 is 1.19 bits per heavy atom. The minimum atomic E-state index is -2.55. The van der Waals surface area contributed by atoms with Crippen LogP contribution in [0.2, 0.25) is 0 Å². The molecule has 3 aliphatic rings. The van der Waals surface area contributed by atoms with Gasteiger partial charge in [-0.25, -0.2) is 0 Å². The number of aliphatic hydroxyl groups is 3. The van der Waals surface area contributed by atoms with Crippen molar-refractivity contribution in [1.29, 1.82) is 0 Å². The molecule has 0 radical (unpaired) electrons. The van der Waals surface area contributed by atoms with E-state index in [4.69, 9.17) is 0 Å². The molecule has 31 heavy (non-hydrogen) atoms. The number of carbonyl (C=O) groups excluding carboxylic acids is 3. The van der Waals surface area contributed by atoms with Crippen LogP contribution in [0, 0.1) is 11.8 Å². The van der Waals surface area contributed by atoms with Gasteiger partial charge in [0.05, 0.1) is 17.8 Å². The van der Waals surface area contributed by atoms with Crippen molar-refractivity contribution in [1.82, 2.24) is 9.88 Å². The second-order valence-corrected chi connectivity index (χ2v) is 8.77. The van der Waals surface area contributed by atoms with Crippen LogP contribution in [0.1, 0.15) is 37.3 Å². The van der Waals surface area contributed by atoms with Gasteiger partial charge in [0.1, 0.15) is 22.8 Å². The minimum absolute atomic E-state index is 0.0513. The summed E-state index contributed by atoms with van der Waals surface area (Å²) in [4.78, 5) is 44.3. The topological polar surface area (TPSA) is 148 Å². The molecule has 1 fully saturated rings. The molecule has 9 heteroatoms. The third-order valence-corrected chi connectivity index (χ3v) is 6.95. The third-order valence-electron chi connectivity index (χ3n) is 6.95. The summed E-state index contributed by atoms with van der Waals surface area (Å²) in [5.74, 6) is -6.18. The predicted molar refractivity (Wildman–Crippen MR) is 108 cm³/mol. The number of likely N-dealkylation sites (N-methyl/N-ethyl adjacent to an activating group) is 1. The number of hydrogen-bond donors (Lipinski definition) is 4. The Morgan fingerprint density at radius 2 is 1.84 bits per heavy atom. The standard InChI is InChI=1S/C22H24N2O7/c1-8-10-5-12-17(24(3)4)19(28)14(9(2)25)20(29)22(12,31)21(30)16(10)18(27)15-11(8)6-23-7-13(15)26/h6-8,10,12,17,26-27,29,31H,5H2,1-4H3/t8-,10-,12+,17+,22-/m1/s1. The summed E-state index contributed by atoms with van der Waals surface area (Å²) in [7, 11) is 3.19. The molecule has 0 unspecified atom stereocenters. The number of nitrogens with zero attached hydrogens (tertiary/aromatic N) is 2. The molecule has 0 saturated heterocycles. The number of hydrogen-bond acceptors (Lipinski definition) is 9. The van der Waals surface area contributed by atoms with Crippen molar-refractivity contribution in [3.63, 3.8) is 0 Å². The molecular weight excluding hydrogens is 404 g/mol. The van der Waals surface area contributed by atoms with Crippen LogP contribution >= 0.6 is 0 Å². The molecule has 9 nitrogen and oxygen atoms in total. The molecule has 0 spiro atoms. The number of pyridine rings is 1. The molecule has 0 amide bonds. The maximum atomic E-state index is 13.6. The lowest BCUT2D eigenvalue weighted by molar-refractivity contribution is -0.154. The van der Waals surface area contributed by atoms with Crippen LogP contribution in [0.3, 0.4) is 0 Å². The minimum Gasteiger partial charge on any atom is -0.508 e. The monoisotopic (exact) mass is 428 g/mol. The number of fused-ring (bicyclic) bond motifs is 3. The van der Waals surface area contributed by atoms with Gasteiger partial charge in [-0.05, 0) is 44.8 Å². The molecule has 1 heterocycles. The summed E-state index contributed by atoms with van der Waals surface area (Å²) in [6.45, 7) is 2.89. The maximum absolute atomic E-state index is 13.6. The Hall–Kier alpha value is -3.04. The van der Waals surface area contributed by atoms with Crippen molar-refractivity contribution in [3.8, 4) is 5.75 Å². The van der Waals surface area contributed by atoms with Crippen molar-refractivity contribution in [3.05, 3.63) is 40.4 Å². The van der Waals surface area contributed by atoms with E-state index in [1.54, 1.807) is 21.0 Å². The van der Waals surface area contributed by atoms with Gasteiger partial charge >= 0.3 is 0 Å². The molecule has 4 rings (SSSR count). The average Bonchev–Trinajstić information content (AvgIpc) is 2.68. The summed E-state index contributed by atoms with van der Waals surface area (Å²) in [5.41, 5.74) is -2.71. The van der Waals surface area contributed by atoms with Gasteiger partial charge in [0.2, 0.25) is 5.78 Å². The van der Waals surface area contributed by atoms with Crippen molar-refractivity contribution < 1.29 is 34.8 Å². The van der Waals surface area contributed by atoms with Crippen molar-refractivity contribution in [2.75, 3.05) is 14.1 Å². The van der Waals surface area contributed by atoms with E-state index in [2.05, 4.69) is 4.98 Å². The van der Waals surface area contributed by atoms with Gasteiger partial charge in [-0.3, -0.25) is 24.3 Å². The van der Waals surface area contributed by atoms with E-state index < -0.39 is 57.9 Å².